The Labute approximate surface area is 135 Å². The number of hydrogen-bond donors (Lipinski definition) is 0. The van der Waals surface area contributed by atoms with Gasteiger partial charge in [0, 0.05) is 0 Å². The lowest BCUT2D eigenvalue weighted by molar-refractivity contribution is -0.0181. The van der Waals surface area contributed by atoms with Crippen LogP contribution in [0.2, 0.25) is 0 Å². The fraction of sp³-hybridized carbons (Fsp3) is 0.368. The maximum absolute atomic E-state index is 15.7. The second-order valence-corrected chi connectivity index (χ2v) is 6.16. The topological polar surface area (TPSA) is 27.7 Å². The van der Waals surface area contributed by atoms with Crippen molar-refractivity contribution < 1.29 is 18.6 Å². The van der Waals surface area contributed by atoms with Gasteiger partial charge in [-0.1, -0.05) is 42.5 Å². The van der Waals surface area contributed by atoms with E-state index in [-0.39, 0.29) is 18.6 Å². The molecule has 2 aromatic carbocycles. The zero-order chi connectivity index (χ0) is 15.9. The van der Waals surface area contributed by atoms with E-state index in [1.54, 1.807) is 7.11 Å². The Kier molecular flexibility index (Phi) is 3.58. The molecule has 1 unspecified atom stereocenters. The SMILES string of the molecule is COc1ccc([C@H]2OC[C@@]3(F)C2CO[C@@H]3c2ccccc2)cc1. The molecule has 4 heteroatoms. The third-order valence-corrected chi connectivity index (χ3v) is 4.89. The van der Waals surface area contributed by atoms with E-state index < -0.39 is 11.8 Å². The van der Waals surface area contributed by atoms with Crippen molar-refractivity contribution in [3.05, 3.63) is 65.7 Å². The van der Waals surface area contributed by atoms with E-state index in [9.17, 15) is 0 Å². The summed E-state index contributed by atoms with van der Waals surface area (Å²) in [6, 6.07) is 17.2. The molecule has 4 rings (SSSR count). The average molecular weight is 314 g/mol. The van der Waals surface area contributed by atoms with Crippen molar-refractivity contribution in [3.8, 4) is 5.75 Å². The minimum atomic E-state index is -1.48. The Bertz CT molecular complexity index is 673. The van der Waals surface area contributed by atoms with Crippen molar-refractivity contribution in [1.29, 1.82) is 0 Å². The molecular weight excluding hydrogens is 295 g/mol. The van der Waals surface area contributed by atoms with Crippen LogP contribution in [0, 0.1) is 5.92 Å². The summed E-state index contributed by atoms with van der Waals surface area (Å²) in [6.45, 7) is 0.431. The van der Waals surface area contributed by atoms with E-state index in [1.807, 2.05) is 54.6 Å². The lowest BCUT2D eigenvalue weighted by Crippen LogP contribution is -2.34. The third-order valence-electron chi connectivity index (χ3n) is 4.89. The average Bonchev–Trinajstić information content (AvgIpc) is 3.10. The monoisotopic (exact) mass is 314 g/mol. The standard InChI is InChI=1S/C19H19FO3/c1-21-15-9-7-13(8-10-15)17-16-11-22-18(19(16,20)12-23-17)14-5-3-2-4-6-14/h2-10,16-18H,11-12H2,1H3/t16?,17-,18-,19-/m1/s1. The van der Waals surface area contributed by atoms with Crippen LogP contribution < -0.4 is 4.74 Å². The van der Waals surface area contributed by atoms with Gasteiger partial charge >= 0.3 is 0 Å². The van der Waals surface area contributed by atoms with E-state index in [2.05, 4.69) is 0 Å². The summed E-state index contributed by atoms with van der Waals surface area (Å²) < 4.78 is 32.5. The largest absolute Gasteiger partial charge is 0.497 e. The van der Waals surface area contributed by atoms with Gasteiger partial charge in [0.25, 0.3) is 0 Å². The molecule has 3 nitrogen and oxygen atoms in total. The van der Waals surface area contributed by atoms with E-state index >= 15 is 4.39 Å². The van der Waals surface area contributed by atoms with Crippen LogP contribution in [0.15, 0.2) is 54.6 Å². The maximum atomic E-state index is 15.7. The van der Waals surface area contributed by atoms with Gasteiger partial charge in [0.15, 0.2) is 5.67 Å². The van der Waals surface area contributed by atoms with Gasteiger partial charge in [-0.25, -0.2) is 4.39 Å². The van der Waals surface area contributed by atoms with Crippen LogP contribution in [-0.2, 0) is 9.47 Å². The minimum Gasteiger partial charge on any atom is -0.497 e. The Morgan fingerprint density at radius 3 is 2.43 bits per heavy atom. The third kappa shape index (κ3) is 2.33. The van der Waals surface area contributed by atoms with Crippen molar-refractivity contribution >= 4 is 0 Å². The molecule has 2 aliphatic heterocycles. The van der Waals surface area contributed by atoms with Crippen LogP contribution in [0.5, 0.6) is 5.75 Å². The van der Waals surface area contributed by atoms with E-state index in [0.29, 0.717) is 6.61 Å². The van der Waals surface area contributed by atoms with Gasteiger partial charge in [-0.15, -0.1) is 0 Å². The Hall–Kier alpha value is -1.91. The molecule has 2 heterocycles. The number of ether oxygens (including phenoxy) is 3. The molecule has 0 spiro atoms. The van der Waals surface area contributed by atoms with Crippen molar-refractivity contribution in [1.82, 2.24) is 0 Å². The molecule has 0 N–H and O–H groups in total. The smallest absolute Gasteiger partial charge is 0.172 e. The first-order valence-corrected chi connectivity index (χ1v) is 7.83. The zero-order valence-electron chi connectivity index (χ0n) is 12.9. The van der Waals surface area contributed by atoms with Gasteiger partial charge in [-0.05, 0) is 23.3 Å². The van der Waals surface area contributed by atoms with Crippen LogP contribution in [-0.4, -0.2) is 26.0 Å². The predicted octanol–water partition coefficient (Wildman–Crippen LogP) is 3.86. The zero-order valence-corrected chi connectivity index (χ0v) is 12.9. The molecule has 2 aromatic rings. The number of benzene rings is 2. The normalized spacial score (nSPS) is 32.7. The Morgan fingerprint density at radius 2 is 1.74 bits per heavy atom. The predicted molar refractivity (Wildman–Crippen MR) is 84.2 cm³/mol. The summed E-state index contributed by atoms with van der Waals surface area (Å²) in [6.07, 6.45) is -0.837. The number of hydrogen-bond acceptors (Lipinski definition) is 3. The molecule has 0 radical (unpaired) electrons. The number of rotatable bonds is 3. The van der Waals surface area contributed by atoms with Gasteiger partial charge in [-0.3, -0.25) is 0 Å². The van der Waals surface area contributed by atoms with E-state index in [1.165, 1.54) is 0 Å². The molecule has 120 valence electrons. The molecule has 2 fully saturated rings. The maximum Gasteiger partial charge on any atom is 0.172 e. The summed E-state index contributed by atoms with van der Waals surface area (Å²) in [5.41, 5.74) is 0.357. The fourth-order valence-corrected chi connectivity index (χ4v) is 3.65. The first kappa shape index (κ1) is 14.7. The summed E-state index contributed by atoms with van der Waals surface area (Å²) >= 11 is 0. The van der Waals surface area contributed by atoms with Crippen LogP contribution in [0.1, 0.15) is 23.3 Å². The second kappa shape index (κ2) is 5.62. The molecule has 0 saturated carbocycles. The van der Waals surface area contributed by atoms with Crippen molar-refractivity contribution in [2.24, 2.45) is 5.92 Å². The number of methoxy groups -OCH3 is 1. The van der Waals surface area contributed by atoms with Gasteiger partial charge in [0.05, 0.1) is 32.3 Å². The molecule has 2 saturated heterocycles. The van der Waals surface area contributed by atoms with Crippen molar-refractivity contribution in [3.63, 3.8) is 0 Å². The van der Waals surface area contributed by atoms with Crippen LogP contribution in [0.3, 0.4) is 0 Å². The molecule has 4 atom stereocenters. The Morgan fingerprint density at radius 1 is 1.00 bits per heavy atom. The molecule has 0 aromatic heterocycles. The highest BCUT2D eigenvalue weighted by atomic mass is 19.1. The first-order valence-electron chi connectivity index (χ1n) is 7.83. The van der Waals surface area contributed by atoms with Gasteiger partial charge in [0.1, 0.15) is 11.9 Å². The second-order valence-electron chi connectivity index (χ2n) is 6.16. The van der Waals surface area contributed by atoms with Crippen molar-refractivity contribution in [2.75, 3.05) is 20.3 Å². The van der Waals surface area contributed by atoms with Gasteiger partial charge < -0.3 is 14.2 Å². The quantitative estimate of drug-likeness (QED) is 0.861. The van der Waals surface area contributed by atoms with E-state index in [0.717, 1.165) is 16.9 Å². The summed E-state index contributed by atoms with van der Waals surface area (Å²) in [7, 11) is 1.63. The van der Waals surface area contributed by atoms with Crippen molar-refractivity contribution in [2.45, 2.75) is 17.9 Å². The van der Waals surface area contributed by atoms with Gasteiger partial charge in [-0.2, -0.15) is 0 Å². The minimum absolute atomic E-state index is 0.0634. The lowest BCUT2D eigenvalue weighted by Gasteiger charge is -2.24. The highest BCUT2D eigenvalue weighted by Crippen LogP contribution is 2.55. The van der Waals surface area contributed by atoms with Gasteiger partial charge in [0.2, 0.25) is 0 Å². The summed E-state index contributed by atoms with van der Waals surface area (Å²) in [5, 5.41) is 0. The molecule has 0 bridgehead atoms. The molecule has 23 heavy (non-hydrogen) atoms. The highest BCUT2D eigenvalue weighted by molar-refractivity contribution is 5.32. The van der Waals surface area contributed by atoms with E-state index in [4.69, 9.17) is 14.2 Å². The first-order chi connectivity index (χ1) is 11.2. The number of halogens is 1. The Balaban J connectivity index is 1.61. The lowest BCUT2D eigenvalue weighted by atomic mass is 9.82. The number of alkyl halides is 1. The van der Waals surface area contributed by atoms with Crippen LogP contribution >= 0.6 is 0 Å². The molecular formula is C19H19FO3. The van der Waals surface area contributed by atoms with Crippen LogP contribution in [0.4, 0.5) is 4.39 Å². The number of fused-ring (bicyclic) bond motifs is 1. The molecule has 0 amide bonds. The van der Waals surface area contributed by atoms with Crippen LogP contribution in [0.25, 0.3) is 0 Å². The summed E-state index contributed by atoms with van der Waals surface area (Å²) in [4.78, 5) is 0. The highest BCUT2D eigenvalue weighted by Gasteiger charge is 2.60. The fourth-order valence-electron chi connectivity index (χ4n) is 3.65. The molecule has 0 aliphatic carbocycles. The molecule has 2 aliphatic rings. The summed E-state index contributed by atoms with van der Waals surface area (Å²) in [5.74, 6) is 0.490.